The number of sulfonamides is 1. The summed E-state index contributed by atoms with van der Waals surface area (Å²) in [5, 5.41) is 3.02. The van der Waals surface area contributed by atoms with Crippen LogP contribution in [0.4, 0.5) is 9.52 Å². The van der Waals surface area contributed by atoms with Crippen LogP contribution in [0.25, 0.3) is 10.2 Å². The van der Waals surface area contributed by atoms with Gasteiger partial charge in [-0.05, 0) is 48.9 Å². The van der Waals surface area contributed by atoms with Crippen molar-refractivity contribution in [2.24, 2.45) is 0 Å². The molecule has 0 radical (unpaired) electrons. The molecule has 3 aromatic rings. The Bertz CT molecular complexity index is 1060. The zero-order valence-electron chi connectivity index (χ0n) is 14.1. The van der Waals surface area contributed by atoms with E-state index in [9.17, 15) is 17.6 Å². The molecule has 1 aromatic heterocycles. The van der Waals surface area contributed by atoms with Crippen LogP contribution in [-0.4, -0.2) is 37.2 Å². The monoisotopic (exact) mass is 393 g/mol. The average molecular weight is 393 g/mol. The van der Waals surface area contributed by atoms with Crippen LogP contribution in [0, 0.1) is 12.7 Å². The summed E-state index contributed by atoms with van der Waals surface area (Å²) in [6.07, 6.45) is 0. The first-order chi connectivity index (χ1) is 12.3. The molecule has 26 heavy (non-hydrogen) atoms. The molecule has 0 saturated carbocycles. The summed E-state index contributed by atoms with van der Waals surface area (Å²) < 4.78 is 39.7. The second kappa shape index (κ2) is 7.10. The number of nitrogens with one attached hydrogen (secondary N) is 1. The van der Waals surface area contributed by atoms with Gasteiger partial charge in [0.25, 0.3) is 0 Å². The number of benzene rings is 2. The molecule has 0 aliphatic carbocycles. The van der Waals surface area contributed by atoms with Gasteiger partial charge < -0.3 is 5.32 Å². The van der Waals surface area contributed by atoms with Gasteiger partial charge >= 0.3 is 0 Å². The highest BCUT2D eigenvalue weighted by Gasteiger charge is 2.23. The first kappa shape index (κ1) is 18.4. The Morgan fingerprint density at radius 1 is 1.23 bits per heavy atom. The lowest BCUT2D eigenvalue weighted by atomic mass is 10.2. The smallest absolute Gasteiger partial charge is 0.243 e. The number of amides is 1. The van der Waals surface area contributed by atoms with Crippen LogP contribution in [0.3, 0.4) is 0 Å². The number of hydrogen-bond donors (Lipinski definition) is 1. The fraction of sp³-hybridized carbons (Fsp3) is 0.176. The third-order valence-corrected chi connectivity index (χ3v) is 6.43. The number of carbonyl (C=O) groups excluding carboxylic acids is 1. The fourth-order valence-corrected chi connectivity index (χ4v) is 4.43. The van der Waals surface area contributed by atoms with Gasteiger partial charge in [-0.3, -0.25) is 4.79 Å². The molecule has 136 valence electrons. The molecule has 3 rings (SSSR count). The molecule has 0 unspecified atom stereocenters. The number of thiazole rings is 1. The van der Waals surface area contributed by atoms with Crippen LogP contribution in [0.1, 0.15) is 5.56 Å². The van der Waals surface area contributed by atoms with Crippen LogP contribution >= 0.6 is 11.3 Å². The van der Waals surface area contributed by atoms with E-state index in [4.69, 9.17) is 0 Å². The van der Waals surface area contributed by atoms with Crippen molar-refractivity contribution in [2.75, 3.05) is 18.9 Å². The highest BCUT2D eigenvalue weighted by atomic mass is 32.2. The van der Waals surface area contributed by atoms with E-state index >= 15 is 0 Å². The summed E-state index contributed by atoms with van der Waals surface area (Å²) in [6, 6.07) is 10.2. The molecule has 2 aromatic carbocycles. The first-order valence-corrected chi connectivity index (χ1v) is 9.90. The van der Waals surface area contributed by atoms with Crippen molar-refractivity contribution >= 4 is 42.6 Å². The van der Waals surface area contributed by atoms with E-state index in [1.165, 1.54) is 18.4 Å². The van der Waals surface area contributed by atoms with Crippen LogP contribution in [-0.2, 0) is 14.8 Å². The Morgan fingerprint density at radius 2 is 1.92 bits per heavy atom. The lowest BCUT2D eigenvalue weighted by Gasteiger charge is -2.16. The van der Waals surface area contributed by atoms with Crippen LogP contribution in [0.15, 0.2) is 47.4 Å². The van der Waals surface area contributed by atoms with Crippen LogP contribution < -0.4 is 5.32 Å². The molecule has 9 heteroatoms. The van der Waals surface area contributed by atoms with E-state index < -0.39 is 21.7 Å². The Balaban J connectivity index is 1.71. The van der Waals surface area contributed by atoms with Crippen molar-refractivity contribution in [1.82, 2.24) is 9.29 Å². The summed E-state index contributed by atoms with van der Waals surface area (Å²) in [5.41, 5.74) is 1.85. The van der Waals surface area contributed by atoms with Gasteiger partial charge in [-0.1, -0.05) is 17.4 Å². The van der Waals surface area contributed by atoms with Gasteiger partial charge in [0.2, 0.25) is 15.9 Å². The Morgan fingerprint density at radius 3 is 2.62 bits per heavy atom. The molecule has 1 heterocycles. The number of hydrogen-bond acceptors (Lipinski definition) is 5. The molecule has 0 aliphatic heterocycles. The summed E-state index contributed by atoms with van der Waals surface area (Å²) in [4.78, 5) is 16.4. The summed E-state index contributed by atoms with van der Waals surface area (Å²) in [7, 11) is -2.59. The number of halogens is 1. The quantitative estimate of drug-likeness (QED) is 0.723. The second-order valence-corrected chi connectivity index (χ2v) is 8.83. The molecular formula is C17H16FN3O3S2. The zero-order chi connectivity index (χ0) is 18.9. The minimum absolute atomic E-state index is 0.0790. The maximum Gasteiger partial charge on any atom is 0.243 e. The van der Waals surface area contributed by atoms with Crippen molar-refractivity contribution in [3.8, 4) is 0 Å². The number of likely N-dealkylation sites (N-methyl/N-ethyl adjacent to an activating group) is 1. The lowest BCUT2D eigenvalue weighted by molar-refractivity contribution is -0.116. The summed E-state index contributed by atoms with van der Waals surface area (Å²) in [6.45, 7) is 1.58. The maximum atomic E-state index is 13.0. The van der Waals surface area contributed by atoms with Gasteiger partial charge in [0.15, 0.2) is 5.13 Å². The van der Waals surface area contributed by atoms with Gasteiger partial charge in [-0.15, -0.1) is 0 Å². The van der Waals surface area contributed by atoms with E-state index in [0.29, 0.717) is 5.13 Å². The average Bonchev–Trinajstić information content (AvgIpc) is 2.96. The van der Waals surface area contributed by atoms with Crippen molar-refractivity contribution in [2.45, 2.75) is 11.8 Å². The fourth-order valence-electron chi connectivity index (χ4n) is 2.32. The molecule has 0 atom stereocenters. The first-order valence-electron chi connectivity index (χ1n) is 7.64. The predicted molar refractivity (Wildman–Crippen MR) is 99.2 cm³/mol. The molecule has 0 bridgehead atoms. The van der Waals surface area contributed by atoms with Gasteiger partial charge in [-0.2, -0.15) is 4.31 Å². The van der Waals surface area contributed by atoms with Gasteiger partial charge in [-0.25, -0.2) is 17.8 Å². The van der Waals surface area contributed by atoms with E-state index in [0.717, 1.165) is 44.4 Å². The highest BCUT2D eigenvalue weighted by molar-refractivity contribution is 7.89. The highest BCUT2D eigenvalue weighted by Crippen LogP contribution is 2.26. The standard InChI is InChI=1S/C17H16FN3O3S2/c1-11-3-8-14-15(9-11)25-17(19-14)20-16(22)10-21(2)26(23,24)13-6-4-12(18)5-7-13/h3-9H,10H2,1-2H3,(H,19,20,22). The third kappa shape index (κ3) is 3.90. The lowest BCUT2D eigenvalue weighted by Crippen LogP contribution is -2.34. The van der Waals surface area contributed by atoms with E-state index in [1.54, 1.807) is 0 Å². The number of nitrogens with zero attached hydrogens (tertiary/aromatic N) is 2. The molecular weight excluding hydrogens is 377 g/mol. The largest absolute Gasteiger partial charge is 0.301 e. The number of aryl methyl sites for hydroxylation is 1. The molecule has 1 amide bonds. The van der Waals surface area contributed by atoms with Gasteiger partial charge in [0.05, 0.1) is 21.7 Å². The number of anilines is 1. The normalized spacial score (nSPS) is 11.8. The maximum absolute atomic E-state index is 13.0. The van der Waals surface area contributed by atoms with Crippen molar-refractivity contribution in [1.29, 1.82) is 0 Å². The summed E-state index contributed by atoms with van der Waals surface area (Å²) >= 11 is 1.32. The number of rotatable bonds is 5. The topological polar surface area (TPSA) is 79.4 Å². The Hall–Kier alpha value is -2.36. The van der Waals surface area contributed by atoms with Gasteiger partial charge in [0.1, 0.15) is 5.82 Å². The number of fused-ring (bicyclic) bond motifs is 1. The number of carbonyl (C=O) groups is 1. The van der Waals surface area contributed by atoms with Gasteiger partial charge in [0, 0.05) is 7.05 Å². The molecule has 6 nitrogen and oxygen atoms in total. The summed E-state index contributed by atoms with van der Waals surface area (Å²) in [5.74, 6) is -1.04. The molecule has 0 spiro atoms. The van der Waals surface area contributed by atoms with Crippen LogP contribution in [0.2, 0.25) is 0 Å². The Labute approximate surface area is 154 Å². The third-order valence-electron chi connectivity index (χ3n) is 3.68. The van der Waals surface area contributed by atoms with E-state index in [1.807, 2.05) is 25.1 Å². The molecule has 0 aliphatic rings. The minimum Gasteiger partial charge on any atom is -0.301 e. The van der Waals surface area contributed by atoms with Crippen LogP contribution in [0.5, 0.6) is 0 Å². The van der Waals surface area contributed by atoms with E-state index in [2.05, 4.69) is 10.3 Å². The number of aromatic nitrogens is 1. The molecule has 1 N–H and O–H groups in total. The van der Waals surface area contributed by atoms with E-state index in [-0.39, 0.29) is 11.4 Å². The Kier molecular flexibility index (Phi) is 5.03. The predicted octanol–water partition coefficient (Wildman–Crippen LogP) is 3.00. The molecule has 0 saturated heterocycles. The zero-order valence-corrected chi connectivity index (χ0v) is 15.7. The minimum atomic E-state index is -3.88. The van der Waals surface area contributed by atoms with Crippen molar-refractivity contribution in [3.63, 3.8) is 0 Å². The van der Waals surface area contributed by atoms with Crippen molar-refractivity contribution < 1.29 is 17.6 Å². The SMILES string of the molecule is Cc1ccc2nc(NC(=O)CN(C)S(=O)(=O)c3ccc(F)cc3)sc2c1. The van der Waals surface area contributed by atoms with Crippen molar-refractivity contribution in [3.05, 3.63) is 53.8 Å². The second-order valence-electron chi connectivity index (χ2n) is 5.75. The molecule has 0 fully saturated rings.